The average Bonchev–Trinajstić information content (AvgIpc) is 3.35. The maximum atomic E-state index is 11.6. The SMILES string of the molecule is COC(=O)c1ccc2nc(-c3nn(C4CC4)cc3I)ccc2c1. The number of pyridine rings is 1. The molecule has 0 saturated heterocycles. The zero-order chi connectivity index (χ0) is 16.0. The number of hydrogen-bond acceptors (Lipinski definition) is 4. The third kappa shape index (κ3) is 2.71. The number of fused-ring (bicyclic) bond motifs is 1. The maximum Gasteiger partial charge on any atom is 0.337 e. The summed E-state index contributed by atoms with van der Waals surface area (Å²) in [7, 11) is 1.38. The van der Waals surface area contributed by atoms with Gasteiger partial charge in [-0.05, 0) is 59.7 Å². The number of halogens is 1. The van der Waals surface area contributed by atoms with Gasteiger partial charge in [-0.15, -0.1) is 0 Å². The molecule has 2 aromatic heterocycles. The normalized spacial score (nSPS) is 14.2. The molecule has 23 heavy (non-hydrogen) atoms. The Kier molecular flexibility index (Phi) is 3.56. The predicted molar refractivity (Wildman–Crippen MR) is 95.3 cm³/mol. The van der Waals surface area contributed by atoms with E-state index in [2.05, 4.69) is 33.9 Å². The maximum absolute atomic E-state index is 11.6. The zero-order valence-electron chi connectivity index (χ0n) is 12.5. The summed E-state index contributed by atoms with van der Waals surface area (Å²) in [5.74, 6) is -0.339. The van der Waals surface area contributed by atoms with E-state index in [1.807, 2.05) is 22.9 Å². The number of carbonyl (C=O) groups is 1. The van der Waals surface area contributed by atoms with Crippen molar-refractivity contribution in [2.75, 3.05) is 7.11 Å². The number of aromatic nitrogens is 3. The van der Waals surface area contributed by atoms with E-state index in [9.17, 15) is 4.79 Å². The van der Waals surface area contributed by atoms with Crippen molar-refractivity contribution in [3.63, 3.8) is 0 Å². The molecule has 1 aliphatic carbocycles. The van der Waals surface area contributed by atoms with E-state index in [1.54, 1.807) is 12.1 Å². The van der Waals surface area contributed by atoms with Crippen LogP contribution in [0.1, 0.15) is 29.2 Å². The molecule has 0 radical (unpaired) electrons. The van der Waals surface area contributed by atoms with Gasteiger partial charge < -0.3 is 4.74 Å². The van der Waals surface area contributed by atoms with Gasteiger partial charge in [-0.3, -0.25) is 4.68 Å². The fraction of sp³-hybridized carbons (Fsp3) is 0.235. The van der Waals surface area contributed by atoms with Gasteiger partial charge in [-0.2, -0.15) is 5.10 Å². The summed E-state index contributed by atoms with van der Waals surface area (Å²) in [5, 5.41) is 5.59. The Morgan fingerprint density at radius 2 is 2.13 bits per heavy atom. The first-order valence-electron chi connectivity index (χ1n) is 7.40. The molecule has 0 N–H and O–H groups in total. The Hall–Kier alpha value is -1.96. The highest BCUT2D eigenvalue weighted by Crippen LogP contribution is 2.36. The van der Waals surface area contributed by atoms with E-state index >= 15 is 0 Å². The third-order valence-corrected chi connectivity index (χ3v) is 4.75. The highest BCUT2D eigenvalue weighted by atomic mass is 127. The molecular formula is C17H14IN3O2. The lowest BCUT2D eigenvalue weighted by atomic mass is 10.1. The van der Waals surface area contributed by atoms with E-state index in [0.29, 0.717) is 11.6 Å². The zero-order valence-corrected chi connectivity index (χ0v) is 14.6. The van der Waals surface area contributed by atoms with Crippen molar-refractivity contribution in [2.24, 2.45) is 0 Å². The third-order valence-electron chi connectivity index (χ3n) is 3.96. The Morgan fingerprint density at radius 1 is 1.30 bits per heavy atom. The van der Waals surface area contributed by atoms with E-state index in [4.69, 9.17) is 9.72 Å². The summed E-state index contributed by atoms with van der Waals surface area (Å²) in [4.78, 5) is 16.3. The molecule has 1 aromatic carbocycles. The van der Waals surface area contributed by atoms with Gasteiger partial charge in [0.15, 0.2) is 0 Å². The van der Waals surface area contributed by atoms with Crippen LogP contribution < -0.4 is 0 Å². The smallest absolute Gasteiger partial charge is 0.337 e. The summed E-state index contributed by atoms with van der Waals surface area (Å²) in [6.07, 6.45) is 4.50. The predicted octanol–water partition coefficient (Wildman–Crippen LogP) is 3.82. The molecule has 0 bridgehead atoms. The van der Waals surface area contributed by atoms with Crippen LogP contribution in [0.5, 0.6) is 0 Å². The largest absolute Gasteiger partial charge is 0.465 e. The first-order chi connectivity index (χ1) is 11.2. The van der Waals surface area contributed by atoms with Gasteiger partial charge in [0.25, 0.3) is 0 Å². The van der Waals surface area contributed by atoms with Crippen molar-refractivity contribution in [1.82, 2.24) is 14.8 Å². The molecule has 2 heterocycles. The van der Waals surface area contributed by atoms with Crippen LogP contribution in [0.3, 0.4) is 0 Å². The van der Waals surface area contributed by atoms with Crippen molar-refractivity contribution in [2.45, 2.75) is 18.9 Å². The van der Waals surface area contributed by atoms with Gasteiger partial charge in [0.2, 0.25) is 0 Å². The van der Waals surface area contributed by atoms with Gasteiger partial charge >= 0.3 is 5.97 Å². The number of rotatable bonds is 3. The van der Waals surface area contributed by atoms with Crippen LogP contribution in [-0.2, 0) is 4.74 Å². The molecule has 116 valence electrons. The van der Waals surface area contributed by atoms with Gasteiger partial charge in [0.05, 0.1) is 33.5 Å². The monoisotopic (exact) mass is 419 g/mol. The van der Waals surface area contributed by atoms with Crippen LogP contribution in [0.4, 0.5) is 0 Å². The first-order valence-corrected chi connectivity index (χ1v) is 8.48. The number of methoxy groups -OCH3 is 1. The van der Waals surface area contributed by atoms with Crippen LogP contribution in [-0.4, -0.2) is 27.8 Å². The van der Waals surface area contributed by atoms with Crippen LogP contribution in [0.25, 0.3) is 22.3 Å². The highest BCUT2D eigenvalue weighted by molar-refractivity contribution is 14.1. The Morgan fingerprint density at radius 3 is 2.87 bits per heavy atom. The van der Waals surface area contributed by atoms with E-state index in [0.717, 1.165) is 25.9 Å². The van der Waals surface area contributed by atoms with Crippen molar-refractivity contribution >= 4 is 39.5 Å². The molecule has 5 nitrogen and oxygen atoms in total. The quantitative estimate of drug-likeness (QED) is 0.479. The minimum atomic E-state index is -0.339. The average molecular weight is 419 g/mol. The lowest BCUT2D eigenvalue weighted by Crippen LogP contribution is -2.00. The van der Waals surface area contributed by atoms with Crippen LogP contribution >= 0.6 is 22.6 Å². The fourth-order valence-electron chi connectivity index (χ4n) is 2.57. The second kappa shape index (κ2) is 5.59. The number of esters is 1. The molecule has 1 fully saturated rings. The number of carbonyl (C=O) groups excluding carboxylic acids is 1. The first kappa shape index (κ1) is 14.6. The standard InChI is InChI=1S/C17H14IN3O2/c1-23-17(22)11-3-6-14-10(8-11)2-7-15(19-14)16-13(18)9-21(20-16)12-4-5-12/h2-3,6-9,12H,4-5H2,1H3. The van der Waals surface area contributed by atoms with Crippen molar-refractivity contribution in [1.29, 1.82) is 0 Å². The van der Waals surface area contributed by atoms with E-state index in [1.165, 1.54) is 20.0 Å². The Bertz CT molecular complexity index is 915. The minimum Gasteiger partial charge on any atom is -0.465 e. The minimum absolute atomic E-state index is 0.339. The molecule has 0 unspecified atom stereocenters. The molecule has 1 saturated carbocycles. The summed E-state index contributed by atoms with van der Waals surface area (Å²) in [6, 6.07) is 9.85. The second-order valence-electron chi connectivity index (χ2n) is 5.63. The van der Waals surface area contributed by atoms with Crippen molar-refractivity contribution in [3.05, 3.63) is 45.7 Å². The number of hydrogen-bond donors (Lipinski definition) is 0. The van der Waals surface area contributed by atoms with Crippen LogP contribution in [0.15, 0.2) is 36.5 Å². The van der Waals surface area contributed by atoms with Gasteiger partial charge in [-0.1, -0.05) is 6.07 Å². The molecule has 0 amide bonds. The molecule has 0 aliphatic heterocycles. The summed E-state index contributed by atoms with van der Waals surface area (Å²) < 4.78 is 7.90. The number of ether oxygens (including phenoxy) is 1. The van der Waals surface area contributed by atoms with Gasteiger partial charge in [-0.25, -0.2) is 9.78 Å². The molecule has 4 rings (SSSR count). The lowest BCUT2D eigenvalue weighted by Gasteiger charge is -2.04. The van der Waals surface area contributed by atoms with Crippen LogP contribution in [0.2, 0.25) is 0 Å². The van der Waals surface area contributed by atoms with Gasteiger partial charge in [0.1, 0.15) is 5.69 Å². The van der Waals surface area contributed by atoms with Crippen LogP contribution in [0, 0.1) is 3.57 Å². The fourth-order valence-corrected chi connectivity index (χ4v) is 3.24. The summed E-state index contributed by atoms with van der Waals surface area (Å²) in [6.45, 7) is 0. The topological polar surface area (TPSA) is 57.0 Å². The molecule has 3 aromatic rings. The summed E-state index contributed by atoms with van der Waals surface area (Å²) >= 11 is 2.30. The van der Waals surface area contributed by atoms with E-state index in [-0.39, 0.29) is 5.97 Å². The Labute approximate surface area is 146 Å². The second-order valence-corrected chi connectivity index (χ2v) is 6.79. The van der Waals surface area contributed by atoms with E-state index < -0.39 is 0 Å². The molecular weight excluding hydrogens is 405 g/mol. The van der Waals surface area contributed by atoms with Crippen molar-refractivity contribution in [3.8, 4) is 11.4 Å². The van der Waals surface area contributed by atoms with Crippen molar-refractivity contribution < 1.29 is 9.53 Å². The Balaban J connectivity index is 1.75. The summed E-state index contributed by atoms with van der Waals surface area (Å²) in [5.41, 5.74) is 3.14. The molecule has 0 spiro atoms. The highest BCUT2D eigenvalue weighted by Gasteiger charge is 2.26. The lowest BCUT2D eigenvalue weighted by molar-refractivity contribution is 0.0601. The van der Waals surface area contributed by atoms with Gasteiger partial charge in [0, 0.05) is 11.6 Å². The number of benzene rings is 1. The molecule has 1 aliphatic rings. The molecule has 6 heteroatoms. The number of nitrogens with zero attached hydrogens (tertiary/aromatic N) is 3. The molecule has 0 atom stereocenters.